The molecule has 1 rings (SSSR count). The number of aryl methyl sites for hydroxylation is 1. The summed E-state index contributed by atoms with van der Waals surface area (Å²) in [5, 5.41) is 5.34. The fraction of sp³-hybridized carbons (Fsp3) is 0.143. The molecule has 13 heavy (non-hydrogen) atoms. The highest BCUT2D eigenvalue weighted by Gasteiger charge is 2.17. The van der Waals surface area contributed by atoms with Gasteiger partial charge in [-0.1, -0.05) is 17.7 Å². The van der Waals surface area contributed by atoms with Gasteiger partial charge in [0.25, 0.3) is 0 Å². The van der Waals surface area contributed by atoms with Crippen LogP contribution in [0.5, 0.6) is 0 Å². The van der Waals surface area contributed by atoms with Gasteiger partial charge in [-0.3, -0.25) is 0 Å². The normalized spacial score (nSPS) is 11.7. The molecule has 0 bridgehead atoms. The molecule has 0 radical (unpaired) electrons. The third-order valence-corrected chi connectivity index (χ3v) is 4.26. The van der Waals surface area contributed by atoms with E-state index < -0.39 is 10.0 Å². The molecule has 0 unspecified atom stereocenters. The number of primary sulfonamides is 1. The summed E-state index contributed by atoms with van der Waals surface area (Å²) < 4.78 is 22.5. The lowest BCUT2D eigenvalue weighted by Crippen LogP contribution is -2.14. The summed E-state index contributed by atoms with van der Waals surface area (Å²) in [7, 11) is -3.72. The Morgan fingerprint density at radius 3 is 2.38 bits per heavy atom. The molecule has 6 heteroatoms. The predicted molar refractivity (Wildman–Crippen MR) is 55.3 cm³/mol. The minimum Gasteiger partial charge on any atom is -0.225 e. The highest BCUT2D eigenvalue weighted by atomic mass is 79.9. The third kappa shape index (κ3) is 2.22. The van der Waals surface area contributed by atoms with E-state index in [0.717, 1.165) is 0 Å². The van der Waals surface area contributed by atoms with E-state index >= 15 is 0 Å². The van der Waals surface area contributed by atoms with Crippen LogP contribution in [0.15, 0.2) is 21.5 Å². The van der Waals surface area contributed by atoms with Gasteiger partial charge >= 0.3 is 0 Å². The first-order chi connectivity index (χ1) is 5.84. The van der Waals surface area contributed by atoms with Crippen molar-refractivity contribution in [3.63, 3.8) is 0 Å². The first kappa shape index (κ1) is 11.0. The molecular weight excluding hydrogens is 278 g/mol. The molecule has 0 amide bonds. The number of hydrogen-bond acceptors (Lipinski definition) is 2. The van der Waals surface area contributed by atoms with Crippen LogP contribution in [-0.4, -0.2) is 8.42 Å². The topological polar surface area (TPSA) is 60.2 Å². The molecule has 0 saturated carbocycles. The van der Waals surface area contributed by atoms with Crippen LogP contribution in [0.2, 0.25) is 5.02 Å². The zero-order valence-electron chi connectivity index (χ0n) is 6.71. The maximum absolute atomic E-state index is 11.1. The smallest absolute Gasteiger partial charge is 0.225 e. The van der Waals surface area contributed by atoms with E-state index in [1.165, 1.54) is 0 Å². The Kier molecular flexibility index (Phi) is 3.01. The number of benzene rings is 1. The Morgan fingerprint density at radius 1 is 1.46 bits per heavy atom. The number of nitrogens with two attached hydrogens (primary N) is 1. The van der Waals surface area contributed by atoms with Crippen molar-refractivity contribution in [3.8, 4) is 0 Å². The lowest BCUT2D eigenvalue weighted by Gasteiger charge is -2.06. The number of sulfonamides is 1. The van der Waals surface area contributed by atoms with Crippen molar-refractivity contribution in [2.75, 3.05) is 0 Å². The Bertz CT molecular complexity index is 444. The van der Waals surface area contributed by atoms with Crippen LogP contribution >= 0.6 is 27.5 Å². The summed E-state index contributed by atoms with van der Waals surface area (Å²) in [5.41, 5.74) is 0.568. The molecule has 1 aromatic carbocycles. The summed E-state index contributed by atoms with van der Waals surface area (Å²) in [4.78, 5) is 0.0417. The lowest BCUT2D eigenvalue weighted by atomic mass is 10.2. The minimum atomic E-state index is -3.72. The van der Waals surface area contributed by atoms with Crippen molar-refractivity contribution in [2.45, 2.75) is 11.8 Å². The zero-order valence-corrected chi connectivity index (χ0v) is 9.87. The van der Waals surface area contributed by atoms with Gasteiger partial charge in [-0.15, -0.1) is 0 Å². The van der Waals surface area contributed by atoms with Gasteiger partial charge in [-0.25, -0.2) is 13.6 Å². The van der Waals surface area contributed by atoms with Gasteiger partial charge in [0.2, 0.25) is 10.0 Å². The van der Waals surface area contributed by atoms with E-state index in [4.69, 9.17) is 16.7 Å². The fourth-order valence-corrected chi connectivity index (χ4v) is 3.19. The van der Waals surface area contributed by atoms with E-state index in [1.54, 1.807) is 19.1 Å². The summed E-state index contributed by atoms with van der Waals surface area (Å²) in [5.74, 6) is 0. The number of hydrogen-bond donors (Lipinski definition) is 1. The average Bonchev–Trinajstić information content (AvgIpc) is 1.95. The van der Waals surface area contributed by atoms with Gasteiger partial charge in [-0.05, 0) is 34.5 Å². The van der Waals surface area contributed by atoms with Crippen LogP contribution in [0.3, 0.4) is 0 Å². The molecule has 0 fully saturated rings. The monoisotopic (exact) mass is 283 g/mol. The molecule has 0 spiro atoms. The van der Waals surface area contributed by atoms with Gasteiger partial charge < -0.3 is 0 Å². The van der Waals surface area contributed by atoms with Crippen molar-refractivity contribution in [1.29, 1.82) is 0 Å². The molecule has 72 valence electrons. The Labute approximate surface area is 90.1 Å². The second kappa shape index (κ2) is 3.57. The highest BCUT2D eigenvalue weighted by Crippen LogP contribution is 2.31. The molecule has 0 aliphatic rings. The molecule has 1 aromatic rings. The summed E-state index contributed by atoms with van der Waals surface area (Å²) in [6, 6.07) is 3.21. The maximum Gasteiger partial charge on any atom is 0.239 e. The van der Waals surface area contributed by atoms with Gasteiger partial charge in [0, 0.05) is 0 Å². The fourth-order valence-electron chi connectivity index (χ4n) is 0.978. The van der Waals surface area contributed by atoms with E-state index in [0.29, 0.717) is 15.1 Å². The Balaban J connectivity index is 3.62. The van der Waals surface area contributed by atoms with Crippen LogP contribution in [-0.2, 0) is 10.0 Å². The maximum atomic E-state index is 11.1. The molecule has 0 aromatic heterocycles. The summed E-state index contributed by atoms with van der Waals surface area (Å²) in [6.45, 7) is 1.65. The highest BCUT2D eigenvalue weighted by molar-refractivity contribution is 9.10. The number of rotatable bonds is 1. The van der Waals surface area contributed by atoms with Crippen LogP contribution in [0.1, 0.15) is 5.56 Å². The molecule has 0 aliphatic heterocycles. The van der Waals surface area contributed by atoms with E-state index in [-0.39, 0.29) is 4.90 Å². The molecule has 0 heterocycles. The standard InChI is InChI=1S/C7H7BrClNO2S/c1-4-2-3-5(9)6(8)7(4)13(10,11)12/h2-3H,1H3,(H2,10,11,12). The minimum absolute atomic E-state index is 0.0417. The van der Waals surface area contributed by atoms with Gasteiger partial charge in [0.1, 0.15) is 4.90 Å². The predicted octanol–water partition coefficient (Wildman–Crippen LogP) is 2.06. The molecular formula is C7H7BrClNO2S. The van der Waals surface area contributed by atoms with Crippen LogP contribution in [0.25, 0.3) is 0 Å². The molecule has 0 saturated heterocycles. The van der Waals surface area contributed by atoms with E-state index in [1.807, 2.05) is 0 Å². The van der Waals surface area contributed by atoms with Gasteiger partial charge in [-0.2, -0.15) is 0 Å². The Hall–Kier alpha value is -0.100. The summed E-state index contributed by atoms with van der Waals surface area (Å²) in [6.07, 6.45) is 0. The van der Waals surface area contributed by atoms with Crippen molar-refractivity contribution >= 4 is 37.6 Å². The number of halogens is 2. The van der Waals surface area contributed by atoms with Gasteiger partial charge in [0.05, 0.1) is 9.50 Å². The van der Waals surface area contributed by atoms with Crippen molar-refractivity contribution in [3.05, 3.63) is 27.2 Å². The van der Waals surface area contributed by atoms with Crippen molar-refractivity contribution in [1.82, 2.24) is 0 Å². The molecule has 2 N–H and O–H groups in total. The quantitative estimate of drug-likeness (QED) is 0.858. The lowest BCUT2D eigenvalue weighted by molar-refractivity contribution is 0.596. The van der Waals surface area contributed by atoms with Crippen LogP contribution in [0.4, 0.5) is 0 Å². The Morgan fingerprint density at radius 2 is 2.00 bits per heavy atom. The molecule has 3 nitrogen and oxygen atoms in total. The first-order valence-electron chi connectivity index (χ1n) is 3.31. The SMILES string of the molecule is Cc1ccc(Cl)c(Br)c1S(N)(=O)=O. The van der Waals surface area contributed by atoms with Gasteiger partial charge in [0.15, 0.2) is 0 Å². The van der Waals surface area contributed by atoms with Crippen molar-refractivity contribution < 1.29 is 8.42 Å². The molecule has 0 aliphatic carbocycles. The van der Waals surface area contributed by atoms with Crippen molar-refractivity contribution in [2.24, 2.45) is 5.14 Å². The third-order valence-electron chi connectivity index (χ3n) is 1.53. The largest absolute Gasteiger partial charge is 0.239 e. The van der Waals surface area contributed by atoms with Crippen LogP contribution in [0, 0.1) is 6.92 Å². The zero-order chi connectivity index (χ0) is 10.2. The van der Waals surface area contributed by atoms with Crippen LogP contribution < -0.4 is 5.14 Å². The first-order valence-corrected chi connectivity index (χ1v) is 6.03. The second-order valence-corrected chi connectivity index (χ2v) is 5.25. The summed E-state index contributed by atoms with van der Waals surface area (Å²) >= 11 is 8.80. The van der Waals surface area contributed by atoms with E-state index in [2.05, 4.69) is 15.9 Å². The second-order valence-electron chi connectivity index (χ2n) is 2.55. The molecule has 0 atom stereocenters. The average molecular weight is 285 g/mol. The van der Waals surface area contributed by atoms with E-state index in [9.17, 15) is 8.42 Å².